The number of rotatable bonds is 11. The minimum atomic E-state index is -0.390. The maximum Gasteiger partial charge on any atom is 0.127 e. The molecule has 2 atom stereocenters. The van der Waals surface area contributed by atoms with Gasteiger partial charge in [-0.05, 0) is 81.0 Å². The van der Waals surface area contributed by atoms with Gasteiger partial charge in [-0.1, -0.05) is 142 Å². The Morgan fingerprint density at radius 2 is 0.875 bits per heavy atom. The second-order valence-electron chi connectivity index (χ2n) is 16.1. The van der Waals surface area contributed by atoms with Crippen LogP contribution in [0.1, 0.15) is 126 Å². The van der Waals surface area contributed by atoms with Gasteiger partial charge in [0.05, 0.1) is 0 Å². The van der Waals surface area contributed by atoms with E-state index in [9.17, 15) is 10.2 Å². The van der Waals surface area contributed by atoms with Gasteiger partial charge in [-0.25, -0.2) is 0 Å². The number of aliphatic imine (C=N–C) groups is 2. The monoisotopic (exact) mass is 644 g/mol. The van der Waals surface area contributed by atoms with Crippen molar-refractivity contribution in [3.8, 4) is 11.5 Å². The Balaban J connectivity index is 1.90. The lowest BCUT2D eigenvalue weighted by Crippen LogP contribution is -2.14. The second kappa shape index (κ2) is 15.4. The van der Waals surface area contributed by atoms with E-state index in [1.54, 1.807) is 0 Å². The fourth-order valence-electron chi connectivity index (χ4n) is 6.01. The predicted octanol–water partition coefficient (Wildman–Crippen LogP) is 11.1. The van der Waals surface area contributed by atoms with Gasteiger partial charge in [-0.3, -0.25) is 9.98 Å². The van der Waals surface area contributed by atoms with Crippen molar-refractivity contribution in [1.29, 1.82) is 0 Å². The van der Waals surface area contributed by atoms with Crippen molar-refractivity contribution in [1.82, 2.24) is 0 Å². The van der Waals surface area contributed by atoms with Crippen LogP contribution in [0.2, 0.25) is 0 Å². The summed E-state index contributed by atoms with van der Waals surface area (Å²) in [5.41, 5.74) is 7.50. The number of hydrogen-bond donors (Lipinski definition) is 2. The number of aromatic hydroxyl groups is 2. The highest BCUT2D eigenvalue weighted by atomic mass is 16.3. The highest BCUT2D eigenvalue weighted by Crippen LogP contribution is 2.38. The third-order valence-corrected chi connectivity index (χ3v) is 8.75. The predicted molar refractivity (Wildman–Crippen MR) is 204 cm³/mol. The van der Waals surface area contributed by atoms with E-state index in [2.05, 4.69) is 118 Å². The number of phenolic OH excluding ortho intramolecular Hbond substituents is 2. The summed E-state index contributed by atoms with van der Waals surface area (Å²) in [5, 5.41) is 23.0. The van der Waals surface area contributed by atoms with Crippen molar-refractivity contribution < 1.29 is 10.2 Å². The molecular weight excluding hydrogens is 588 g/mol. The molecule has 4 nitrogen and oxygen atoms in total. The Kier molecular flexibility index (Phi) is 11.7. The molecule has 48 heavy (non-hydrogen) atoms. The molecule has 0 aliphatic carbocycles. The quantitative estimate of drug-likeness (QED) is 0.160. The summed E-state index contributed by atoms with van der Waals surface area (Å²) >= 11 is 0. The van der Waals surface area contributed by atoms with Gasteiger partial charge in [0.15, 0.2) is 0 Å². The molecular formula is C44H56N2O2. The standard InChI is InChI=1S/C44H56N2O2/c1-29(2)21-33-23-37(43(5,6)7)25-35(41(33)47)27-45-39(31-17-13-11-14-18-31)40(32-19-15-12-16-20-32)46-28-36-26-38(44(8,9)10)24-34(42(36)48)22-30(3)4/h11-20,23-30,39-40,47-48H,21-22H2,1-10H3/t39-,40-/m1/s1. The molecule has 0 aliphatic rings. The summed E-state index contributed by atoms with van der Waals surface area (Å²) in [6, 6.07) is 28.1. The van der Waals surface area contributed by atoms with Crippen LogP contribution in [0.25, 0.3) is 0 Å². The zero-order valence-electron chi connectivity index (χ0n) is 30.8. The maximum atomic E-state index is 11.5. The van der Waals surface area contributed by atoms with Crippen LogP contribution in [0.5, 0.6) is 11.5 Å². The Morgan fingerprint density at radius 3 is 1.17 bits per heavy atom. The van der Waals surface area contributed by atoms with Gasteiger partial charge >= 0.3 is 0 Å². The molecule has 0 aliphatic heterocycles. The topological polar surface area (TPSA) is 65.2 Å². The molecule has 0 aromatic heterocycles. The molecule has 0 saturated heterocycles. The minimum Gasteiger partial charge on any atom is -0.507 e. The molecule has 0 bridgehead atoms. The van der Waals surface area contributed by atoms with Crippen LogP contribution >= 0.6 is 0 Å². The Bertz CT molecular complexity index is 1580. The second-order valence-corrected chi connectivity index (χ2v) is 16.1. The first-order valence-electron chi connectivity index (χ1n) is 17.4. The van der Waals surface area contributed by atoms with Crippen LogP contribution in [-0.4, -0.2) is 22.6 Å². The third-order valence-electron chi connectivity index (χ3n) is 8.75. The normalized spacial score (nSPS) is 14.0. The van der Waals surface area contributed by atoms with Crippen LogP contribution in [0.4, 0.5) is 0 Å². The summed E-state index contributed by atoms with van der Waals surface area (Å²) in [7, 11) is 0. The molecule has 0 amide bonds. The maximum absolute atomic E-state index is 11.5. The molecule has 0 saturated carbocycles. The first kappa shape index (κ1) is 36.7. The molecule has 0 radical (unpaired) electrons. The van der Waals surface area contributed by atoms with Gasteiger partial charge < -0.3 is 10.2 Å². The van der Waals surface area contributed by atoms with Gasteiger partial charge in [-0.2, -0.15) is 0 Å². The summed E-state index contributed by atoms with van der Waals surface area (Å²) in [6.45, 7) is 21.9. The van der Waals surface area contributed by atoms with Crippen LogP contribution < -0.4 is 0 Å². The smallest absolute Gasteiger partial charge is 0.127 e. The van der Waals surface area contributed by atoms with Crippen molar-refractivity contribution >= 4 is 12.4 Å². The largest absolute Gasteiger partial charge is 0.507 e. The van der Waals surface area contributed by atoms with Crippen LogP contribution in [0.15, 0.2) is 94.9 Å². The number of phenols is 2. The van der Waals surface area contributed by atoms with Gasteiger partial charge in [0.1, 0.15) is 23.6 Å². The molecule has 0 heterocycles. The van der Waals surface area contributed by atoms with E-state index in [1.807, 2.05) is 48.8 Å². The van der Waals surface area contributed by atoms with Gasteiger partial charge in [0, 0.05) is 23.6 Å². The van der Waals surface area contributed by atoms with Gasteiger partial charge in [0.25, 0.3) is 0 Å². The van der Waals surface area contributed by atoms with Gasteiger partial charge in [-0.15, -0.1) is 0 Å². The van der Waals surface area contributed by atoms with E-state index in [1.165, 1.54) is 0 Å². The zero-order valence-corrected chi connectivity index (χ0v) is 30.8. The summed E-state index contributed by atoms with van der Waals surface area (Å²) in [6.07, 6.45) is 5.23. The average Bonchev–Trinajstić information content (AvgIpc) is 3.01. The molecule has 0 unspecified atom stereocenters. The van der Waals surface area contributed by atoms with Crippen LogP contribution in [0.3, 0.4) is 0 Å². The third kappa shape index (κ3) is 9.46. The first-order valence-corrected chi connectivity index (χ1v) is 17.4. The van der Waals surface area contributed by atoms with Crippen LogP contribution in [0, 0.1) is 11.8 Å². The number of hydrogen-bond acceptors (Lipinski definition) is 4. The highest BCUT2D eigenvalue weighted by molar-refractivity contribution is 5.86. The molecule has 0 spiro atoms. The van der Waals surface area contributed by atoms with Crippen molar-refractivity contribution in [2.24, 2.45) is 21.8 Å². The summed E-state index contributed by atoms with van der Waals surface area (Å²) < 4.78 is 0. The van der Waals surface area contributed by atoms with E-state index in [-0.39, 0.29) is 34.4 Å². The Labute approximate surface area is 289 Å². The fourth-order valence-corrected chi connectivity index (χ4v) is 6.01. The molecule has 254 valence electrons. The van der Waals surface area contributed by atoms with E-state index in [0.717, 1.165) is 46.2 Å². The summed E-state index contributed by atoms with van der Waals surface area (Å²) in [4.78, 5) is 10.5. The lowest BCUT2D eigenvalue weighted by molar-refractivity contribution is 0.459. The highest BCUT2D eigenvalue weighted by Gasteiger charge is 2.25. The lowest BCUT2D eigenvalue weighted by Gasteiger charge is -2.24. The van der Waals surface area contributed by atoms with Crippen molar-refractivity contribution in [2.45, 2.75) is 105 Å². The first-order chi connectivity index (χ1) is 22.5. The van der Waals surface area contributed by atoms with E-state index in [0.29, 0.717) is 23.0 Å². The van der Waals surface area contributed by atoms with Crippen LogP contribution in [-0.2, 0) is 23.7 Å². The van der Waals surface area contributed by atoms with E-state index < -0.39 is 0 Å². The molecule has 4 aromatic rings. The molecule has 2 N–H and O–H groups in total. The average molecular weight is 645 g/mol. The molecule has 0 fully saturated rings. The molecule has 4 heteroatoms. The van der Waals surface area contributed by atoms with Crippen molar-refractivity contribution in [3.63, 3.8) is 0 Å². The SMILES string of the molecule is CC(C)Cc1cc(C(C)(C)C)cc(C=N[C@H](c2ccccc2)[C@H](N=Cc2cc(C(C)(C)C)cc(CC(C)C)c2O)c2ccccc2)c1O. The fraction of sp³-hybridized carbons (Fsp3) is 0.409. The zero-order chi connectivity index (χ0) is 35.2. The van der Waals surface area contributed by atoms with Gasteiger partial charge in [0.2, 0.25) is 0 Å². The Morgan fingerprint density at radius 1 is 0.542 bits per heavy atom. The number of nitrogens with zero attached hydrogens (tertiary/aromatic N) is 2. The molecule has 4 aromatic carbocycles. The minimum absolute atomic E-state index is 0.0876. The lowest BCUT2D eigenvalue weighted by atomic mass is 9.83. The van der Waals surface area contributed by atoms with E-state index >= 15 is 0 Å². The van der Waals surface area contributed by atoms with Crippen molar-refractivity contribution in [2.75, 3.05) is 0 Å². The van der Waals surface area contributed by atoms with E-state index in [4.69, 9.17) is 9.98 Å². The molecule has 4 rings (SSSR count). The Hall–Kier alpha value is -4.18. The number of benzene rings is 4. The summed E-state index contributed by atoms with van der Waals surface area (Å²) in [5.74, 6) is 1.38. The van der Waals surface area contributed by atoms with Crippen molar-refractivity contribution in [3.05, 3.63) is 129 Å².